The molecule has 3 atom stereocenters. The summed E-state index contributed by atoms with van der Waals surface area (Å²) in [6, 6.07) is 0. The highest BCUT2D eigenvalue weighted by Gasteiger charge is 2.40. The zero-order chi connectivity index (χ0) is 25.7. The van der Waals surface area contributed by atoms with Crippen LogP contribution in [0.25, 0.3) is 0 Å². The Hall–Kier alpha value is -0.380. The monoisotopic (exact) mass is 500 g/mol. The summed E-state index contributed by atoms with van der Waals surface area (Å²) >= 11 is 0. The van der Waals surface area contributed by atoms with E-state index < -0.39 is 22.7 Å². The fourth-order valence-electron chi connectivity index (χ4n) is 4.95. The first kappa shape index (κ1) is 30.7. The van der Waals surface area contributed by atoms with E-state index in [1.54, 1.807) is 0 Å². The molecule has 0 spiro atoms. The lowest BCUT2D eigenvalue weighted by molar-refractivity contribution is -0.138. The number of morpholine rings is 1. The lowest BCUT2D eigenvalue weighted by Gasteiger charge is -2.44. The molecule has 0 aliphatic carbocycles. The fourth-order valence-corrected chi connectivity index (χ4v) is 5.78. The van der Waals surface area contributed by atoms with E-state index in [2.05, 4.69) is 32.6 Å². The Morgan fingerprint density at radius 3 is 2.21 bits per heavy atom. The van der Waals surface area contributed by atoms with Gasteiger partial charge < -0.3 is 4.74 Å². The first-order valence-corrected chi connectivity index (χ1v) is 14.2. The number of alkyl halides is 3. The molecule has 33 heavy (non-hydrogen) atoms. The molecule has 9 heteroatoms. The highest BCUT2D eigenvalue weighted by Crippen LogP contribution is 2.39. The normalized spacial score (nSPS) is 23.3. The zero-order valence-electron chi connectivity index (χ0n) is 22.0. The van der Waals surface area contributed by atoms with Crippen LogP contribution in [0.5, 0.6) is 0 Å². The van der Waals surface area contributed by atoms with Gasteiger partial charge in [0.05, 0.1) is 18.5 Å². The van der Waals surface area contributed by atoms with Crippen molar-refractivity contribution in [3.05, 3.63) is 0 Å². The van der Waals surface area contributed by atoms with Crippen LogP contribution in [0.3, 0.4) is 0 Å². The smallest absolute Gasteiger partial charge is 0.373 e. The number of halogens is 3. The largest absolute Gasteiger partial charge is 0.402 e. The minimum atomic E-state index is -4.56. The van der Waals surface area contributed by atoms with E-state index in [4.69, 9.17) is 4.74 Å². The summed E-state index contributed by atoms with van der Waals surface area (Å²) in [6.07, 6.45) is -0.432. The number of rotatable bonds is 13. The van der Waals surface area contributed by atoms with Gasteiger partial charge in [0.2, 0.25) is 10.0 Å². The van der Waals surface area contributed by atoms with Gasteiger partial charge in [0.1, 0.15) is 6.54 Å². The Morgan fingerprint density at radius 2 is 1.76 bits per heavy atom. The highest BCUT2D eigenvalue weighted by atomic mass is 32.2. The van der Waals surface area contributed by atoms with E-state index >= 15 is 0 Å². The Bertz CT molecular complexity index is 698. The lowest BCUT2D eigenvalue weighted by Crippen LogP contribution is -2.52. The molecule has 0 aromatic carbocycles. The molecule has 5 nitrogen and oxygen atoms in total. The number of hydrogen-bond acceptors (Lipinski definition) is 4. The molecule has 1 aliphatic rings. The van der Waals surface area contributed by atoms with Crippen molar-refractivity contribution in [1.82, 2.24) is 9.21 Å². The molecule has 0 radical (unpaired) electrons. The summed E-state index contributed by atoms with van der Waals surface area (Å²) in [5.41, 5.74) is -0.645. The van der Waals surface area contributed by atoms with Crippen LogP contribution >= 0.6 is 0 Å². The van der Waals surface area contributed by atoms with Crippen molar-refractivity contribution in [2.24, 2.45) is 23.2 Å². The van der Waals surface area contributed by atoms with E-state index in [0.29, 0.717) is 29.2 Å². The van der Waals surface area contributed by atoms with Crippen molar-refractivity contribution in [3.63, 3.8) is 0 Å². The highest BCUT2D eigenvalue weighted by molar-refractivity contribution is 7.88. The SMILES string of the molecule is CC[C@@H](CN1CCOC(C)(CCC(C)(C)[C@@H](CC)CN(CC(F)(F)F)S(C)(=O)=O)C1)C(C)C. The third-order valence-electron chi connectivity index (χ3n) is 7.52. The molecule has 1 saturated heterocycles. The summed E-state index contributed by atoms with van der Waals surface area (Å²) in [4.78, 5) is 2.48. The van der Waals surface area contributed by atoms with Gasteiger partial charge in [-0.15, -0.1) is 0 Å². The molecule has 0 N–H and O–H groups in total. The molecule has 0 saturated carbocycles. The summed E-state index contributed by atoms with van der Waals surface area (Å²) in [5, 5.41) is 0. The average molecular weight is 501 g/mol. The maximum absolute atomic E-state index is 13.0. The van der Waals surface area contributed by atoms with Crippen LogP contribution in [-0.4, -0.2) is 75.0 Å². The Kier molecular flexibility index (Phi) is 11.2. The van der Waals surface area contributed by atoms with Gasteiger partial charge >= 0.3 is 6.18 Å². The molecular formula is C24H47F3N2O3S. The van der Waals surface area contributed by atoms with Crippen LogP contribution in [0.4, 0.5) is 13.2 Å². The molecule has 0 amide bonds. The molecule has 1 rings (SSSR count). The van der Waals surface area contributed by atoms with Gasteiger partial charge in [0.25, 0.3) is 0 Å². The van der Waals surface area contributed by atoms with Gasteiger partial charge in [-0.05, 0) is 42.9 Å². The molecular weight excluding hydrogens is 453 g/mol. The van der Waals surface area contributed by atoms with Crippen molar-refractivity contribution in [2.75, 3.05) is 45.6 Å². The lowest BCUT2D eigenvalue weighted by atomic mass is 9.72. The van der Waals surface area contributed by atoms with Crippen molar-refractivity contribution in [1.29, 1.82) is 0 Å². The van der Waals surface area contributed by atoms with E-state index in [1.807, 2.05) is 20.8 Å². The molecule has 198 valence electrons. The molecule has 0 bridgehead atoms. The summed E-state index contributed by atoms with van der Waals surface area (Å²) in [7, 11) is -3.96. The topological polar surface area (TPSA) is 49.9 Å². The van der Waals surface area contributed by atoms with Crippen LogP contribution in [0, 0.1) is 23.2 Å². The third kappa shape index (κ3) is 10.4. The van der Waals surface area contributed by atoms with Gasteiger partial charge in [-0.1, -0.05) is 54.4 Å². The van der Waals surface area contributed by atoms with Crippen LogP contribution in [0.2, 0.25) is 0 Å². The van der Waals surface area contributed by atoms with Crippen LogP contribution < -0.4 is 0 Å². The van der Waals surface area contributed by atoms with Gasteiger partial charge in [-0.3, -0.25) is 4.90 Å². The maximum Gasteiger partial charge on any atom is 0.402 e. The van der Waals surface area contributed by atoms with E-state index in [0.717, 1.165) is 45.2 Å². The first-order valence-electron chi connectivity index (χ1n) is 12.3. The summed E-state index contributed by atoms with van der Waals surface area (Å²) in [5.74, 6) is 1.08. The fraction of sp³-hybridized carbons (Fsp3) is 1.00. The second-order valence-electron chi connectivity index (χ2n) is 11.2. The van der Waals surface area contributed by atoms with Gasteiger partial charge in [0.15, 0.2) is 0 Å². The maximum atomic E-state index is 13.0. The van der Waals surface area contributed by atoms with Gasteiger partial charge in [-0.25, -0.2) is 8.42 Å². The van der Waals surface area contributed by atoms with Crippen molar-refractivity contribution in [3.8, 4) is 0 Å². The quantitative estimate of drug-likeness (QED) is 0.339. The van der Waals surface area contributed by atoms with Crippen LogP contribution in [0.1, 0.15) is 74.1 Å². The first-order chi connectivity index (χ1) is 14.9. The number of hydrogen-bond donors (Lipinski definition) is 0. The van der Waals surface area contributed by atoms with Crippen molar-refractivity contribution in [2.45, 2.75) is 85.9 Å². The summed E-state index contributed by atoms with van der Waals surface area (Å²) in [6.45, 7) is 16.8. The van der Waals surface area contributed by atoms with E-state index in [1.165, 1.54) is 0 Å². The zero-order valence-corrected chi connectivity index (χ0v) is 22.8. The second kappa shape index (κ2) is 12.0. The molecule has 1 fully saturated rings. The second-order valence-corrected chi connectivity index (χ2v) is 13.2. The summed E-state index contributed by atoms with van der Waals surface area (Å²) < 4.78 is 69.9. The molecule has 1 unspecified atom stereocenters. The Balaban J connectivity index is 2.85. The van der Waals surface area contributed by atoms with E-state index in [-0.39, 0.29) is 23.5 Å². The standard InChI is InChI=1S/C24H47F3N2O3S/c1-9-20(19(3)4)15-28-13-14-32-23(7,17-28)12-11-22(5,6)21(10-2)16-29(33(8,30)31)18-24(25,26)27/h19-21H,9-18H2,1-8H3/t20-,21-,23?/m0/s1. The number of sulfonamides is 1. The van der Waals surface area contributed by atoms with Crippen LogP contribution in [-0.2, 0) is 14.8 Å². The molecule has 0 aromatic heterocycles. The predicted octanol–water partition coefficient (Wildman–Crippen LogP) is 5.42. The molecule has 0 aromatic rings. The average Bonchev–Trinajstić information content (AvgIpc) is 2.66. The van der Waals surface area contributed by atoms with Gasteiger partial charge in [-0.2, -0.15) is 17.5 Å². The minimum absolute atomic E-state index is 0.127. The number of nitrogens with zero attached hydrogens (tertiary/aromatic N) is 2. The molecule has 1 heterocycles. The Morgan fingerprint density at radius 1 is 1.15 bits per heavy atom. The van der Waals surface area contributed by atoms with Gasteiger partial charge in [0, 0.05) is 26.2 Å². The van der Waals surface area contributed by atoms with Crippen LogP contribution in [0.15, 0.2) is 0 Å². The van der Waals surface area contributed by atoms with Crippen molar-refractivity contribution >= 4 is 10.0 Å². The van der Waals surface area contributed by atoms with Crippen molar-refractivity contribution < 1.29 is 26.3 Å². The third-order valence-corrected chi connectivity index (χ3v) is 8.74. The minimum Gasteiger partial charge on any atom is -0.373 e. The predicted molar refractivity (Wildman–Crippen MR) is 129 cm³/mol. The number of ether oxygens (including phenoxy) is 1. The van der Waals surface area contributed by atoms with E-state index in [9.17, 15) is 21.6 Å². The molecule has 1 aliphatic heterocycles. The Labute approximate surface area is 200 Å².